The normalized spacial score (nSPS) is 15.2. The quantitative estimate of drug-likeness (QED) is 0.497. The molecule has 3 nitrogen and oxygen atoms in total. The molecular weight excluding hydrogens is 384 g/mol. The lowest BCUT2D eigenvalue weighted by Crippen LogP contribution is -2.60. The average Bonchev–Trinajstić information content (AvgIpc) is 2.21. The number of hydrogen-bond acceptors (Lipinski definition) is 3. The molecule has 0 spiro atoms. The average molecular weight is 390 g/mol. The molecule has 0 aliphatic heterocycles. The molecule has 24 heavy (non-hydrogen) atoms. The minimum absolute atomic E-state index is 0.813. The second-order valence-electron chi connectivity index (χ2n) is 4.51. The Morgan fingerprint density at radius 1 is 0.542 bits per heavy atom. The molecule has 0 saturated heterocycles. The summed E-state index contributed by atoms with van der Waals surface area (Å²) in [5.74, 6) is 0. The van der Waals surface area contributed by atoms with E-state index in [0.29, 0.717) is 0 Å². The van der Waals surface area contributed by atoms with Crippen LogP contribution in [0.5, 0.6) is 0 Å². The largest absolute Gasteiger partial charge is 0.510 e. The van der Waals surface area contributed by atoms with Gasteiger partial charge < -0.3 is 9.47 Å². The van der Waals surface area contributed by atoms with Crippen molar-refractivity contribution >= 4 is 6.16 Å². The Morgan fingerprint density at radius 3 is 0.833 bits per heavy atom. The van der Waals surface area contributed by atoms with E-state index in [4.69, 9.17) is 0 Å². The van der Waals surface area contributed by atoms with E-state index in [1.807, 2.05) is 0 Å². The molecule has 0 unspecified atom stereocenters. The monoisotopic (exact) mass is 390 g/mol. The molecule has 144 valence electrons. The highest BCUT2D eigenvalue weighted by atomic mass is 19.4. The Labute approximate surface area is 124 Å². The van der Waals surface area contributed by atoms with Crippen LogP contribution in [0, 0.1) is 0 Å². The summed E-state index contributed by atoms with van der Waals surface area (Å²) in [7, 11) is 0. The maximum Gasteiger partial charge on any atom is 0.510 e. The van der Waals surface area contributed by atoms with Gasteiger partial charge in [0.05, 0.1) is 0 Å². The molecule has 0 N–H and O–H groups in total. The molecule has 0 amide bonds. The molecule has 0 aromatic carbocycles. The Kier molecular flexibility index (Phi) is 5.38. The summed E-state index contributed by atoms with van der Waals surface area (Å²) in [5.41, 5.74) is -10.8. The van der Waals surface area contributed by atoms with Crippen LogP contribution in [0.4, 0.5) is 57.5 Å². The molecule has 0 radical (unpaired) electrons. The Bertz CT molecular complexity index is 398. The molecule has 15 heteroatoms. The molecule has 0 aliphatic carbocycles. The van der Waals surface area contributed by atoms with Crippen LogP contribution in [-0.4, -0.2) is 42.1 Å². The van der Waals surface area contributed by atoms with Crippen LogP contribution < -0.4 is 0 Å². The molecule has 0 aliphatic rings. The molecular formula is C9H6F12O3. The predicted octanol–water partition coefficient (Wildman–Crippen LogP) is 4.91. The van der Waals surface area contributed by atoms with Crippen molar-refractivity contribution in [2.45, 2.75) is 49.8 Å². The van der Waals surface area contributed by atoms with Gasteiger partial charge in [-0.3, -0.25) is 0 Å². The molecule has 0 aromatic rings. The molecule has 0 rings (SSSR count). The summed E-state index contributed by atoms with van der Waals surface area (Å²) < 4.78 is 154. The van der Waals surface area contributed by atoms with E-state index in [1.165, 1.54) is 0 Å². The van der Waals surface area contributed by atoms with Crippen LogP contribution in [-0.2, 0) is 9.47 Å². The first-order valence-corrected chi connectivity index (χ1v) is 5.29. The van der Waals surface area contributed by atoms with Crippen LogP contribution in [0.15, 0.2) is 0 Å². The highest BCUT2D eigenvalue weighted by Gasteiger charge is 2.74. The van der Waals surface area contributed by atoms with Crippen molar-refractivity contribution in [3.63, 3.8) is 0 Å². The van der Waals surface area contributed by atoms with Gasteiger partial charge in [0.15, 0.2) is 0 Å². The van der Waals surface area contributed by atoms with Gasteiger partial charge in [0.25, 0.3) is 0 Å². The lowest BCUT2D eigenvalue weighted by atomic mass is 10.1. The van der Waals surface area contributed by atoms with E-state index in [0.717, 1.165) is 0 Å². The Morgan fingerprint density at radius 2 is 0.708 bits per heavy atom. The van der Waals surface area contributed by atoms with Crippen LogP contribution in [0.3, 0.4) is 0 Å². The zero-order chi connectivity index (χ0) is 20.0. The van der Waals surface area contributed by atoms with Crippen molar-refractivity contribution in [3.05, 3.63) is 0 Å². The number of alkyl halides is 12. The number of carbonyl (C=O) groups is 1. The van der Waals surface area contributed by atoms with E-state index in [1.54, 1.807) is 0 Å². The van der Waals surface area contributed by atoms with Gasteiger partial charge in [-0.25, -0.2) is 4.79 Å². The van der Waals surface area contributed by atoms with E-state index in [-0.39, 0.29) is 0 Å². The first kappa shape index (κ1) is 22.4. The SMILES string of the molecule is CC(OC(=O)OC(C)(C(F)(F)F)C(F)(F)F)(C(F)(F)F)C(F)(F)F. The van der Waals surface area contributed by atoms with Gasteiger partial charge in [-0.15, -0.1) is 0 Å². The zero-order valence-corrected chi connectivity index (χ0v) is 11.3. The highest BCUT2D eigenvalue weighted by molar-refractivity contribution is 5.62. The van der Waals surface area contributed by atoms with Gasteiger partial charge in [0, 0.05) is 0 Å². The number of halogens is 12. The first-order valence-electron chi connectivity index (χ1n) is 5.29. The van der Waals surface area contributed by atoms with Crippen LogP contribution in [0.2, 0.25) is 0 Å². The summed E-state index contributed by atoms with van der Waals surface area (Å²) in [4.78, 5) is 10.8. The second-order valence-corrected chi connectivity index (χ2v) is 4.51. The minimum Gasteiger partial charge on any atom is -0.408 e. The van der Waals surface area contributed by atoms with Crippen molar-refractivity contribution < 1.29 is 67.0 Å². The van der Waals surface area contributed by atoms with Crippen molar-refractivity contribution in [2.24, 2.45) is 0 Å². The zero-order valence-electron chi connectivity index (χ0n) is 11.3. The van der Waals surface area contributed by atoms with E-state index < -0.39 is 55.9 Å². The van der Waals surface area contributed by atoms with Crippen molar-refractivity contribution in [1.82, 2.24) is 0 Å². The summed E-state index contributed by atoms with van der Waals surface area (Å²) in [5, 5.41) is 0. The Balaban J connectivity index is 5.74. The van der Waals surface area contributed by atoms with E-state index in [2.05, 4.69) is 9.47 Å². The fraction of sp³-hybridized carbons (Fsp3) is 0.889. The van der Waals surface area contributed by atoms with Gasteiger partial charge in [-0.05, 0) is 13.8 Å². The van der Waals surface area contributed by atoms with Crippen LogP contribution in [0.25, 0.3) is 0 Å². The molecule has 0 atom stereocenters. The van der Waals surface area contributed by atoms with Crippen molar-refractivity contribution in [1.29, 1.82) is 0 Å². The van der Waals surface area contributed by atoms with Crippen molar-refractivity contribution in [3.8, 4) is 0 Å². The third kappa shape index (κ3) is 3.91. The highest BCUT2D eigenvalue weighted by Crippen LogP contribution is 2.48. The summed E-state index contributed by atoms with van der Waals surface area (Å²) in [6, 6.07) is 0. The summed E-state index contributed by atoms with van der Waals surface area (Å²) in [6.07, 6.45) is -29.1. The van der Waals surface area contributed by atoms with Gasteiger partial charge in [0.2, 0.25) is 0 Å². The maximum absolute atomic E-state index is 12.4. The number of rotatable bonds is 2. The number of hydrogen-bond donors (Lipinski definition) is 0. The standard InChI is InChI=1S/C9H6F12O3/c1-4(6(10,11)12,7(13,14)15)23-3(22)24-5(2,8(16,17)18)9(19,20)21/h1-2H3. The van der Waals surface area contributed by atoms with E-state index >= 15 is 0 Å². The molecule has 0 saturated carbocycles. The third-order valence-electron chi connectivity index (χ3n) is 2.74. The fourth-order valence-corrected chi connectivity index (χ4v) is 0.907. The Hall–Kier alpha value is -1.57. The molecule has 0 aromatic heterocycles. The summed E-state index contributed by atoms with van der Waals surface area (Å²) >= 11 is 0. The predicted molar refractivity (Wildman–Crippen MR) is 48.6 cm³/mol. The smallest absolute Gasteiger partial charge is 0.408 e. The second kappa shape index (κ2) is 5.75. The lowest BCUT2D eigenvalue weighted by molar-refractivity contribution is -0.381. The van der Waals surface area contributed by atoms with Crippen LogP contribution >= 0.6 is 0 Å². The fourth-order valence-electron chi connectivity index (χ4n) is 0.907. The molecule has 0 heterocycles. The summed E-state index contributed by atoms with van der Waals surface area (Å²) in [6.45, 7) is -1.63. The van der Waals surface area contributed by atoms with Gasteiger partial charge in [0.1, 0.15) is 0 Å². The molecule has 0 fully saturated rings. The number of carbonyl (C=O) groups excluding carboxylic acids is 1. The first-order chi connectivity index (χ1) is 10.1. The minimum atomic E-state index is -6.41. The lowest BCUT2D eigenvalue weighted by Gasteiger charge is -2.36. The third-order valence-corrected chi connectivity index (χ3v) is 2.74. The van der Waals surface area contributed by atoms with Gasteiger partial charge >= 0.3 is 42.1 Å². The van der Waals surface area contributed by atoms with E-state index in [9.17, 15) is 57.5 Å². The number of ether oxygens (including phenoxy) is 2. The van der Waals surface area contributed by atoms with Crippen molar-refractivity contribution in [2.75, 3.05) is 0 Å². The maximum atomic E-state index is 12.4. The van der Waals surface area contributed by atoms with Gasteiger partial charge in [-0.1, -0.05) is 0 Å². The van der Waals surface area contributed by atoms with Gasteiger partial charge in [-0.2, -0.15) is 52.7 Å². The molecule has 0 bridgehead atoms. The van der Waals surface area contributed by atoms with Crippen LogP contribution in [0.1, 0.15) is 13.8 Å². The topological polar surface area (TPSA) is 35.5 Å².